The summed E-state index contributed by atoms with van der Waals surface area (Å²) in [6, 6.07) is 21.0. The maximum Gasteiger partial charge on any atom is 0.264 e. The number of rotatable bonds is 11. The third-order valence-electron chi connectivity index (χ3n) is 5.91. The Labute approximate surface area is 228 Å². The fraction of sp³-hybridized carbons (Fsp3) is 0.259. The second-order valence-corrected chi connectivity index (χ2v) is 11.0. The van der Waals surface area contributed by atoms with Gasteiger partial charge in [-0.1, -0.05) is 78.7 Å². The van der Waals surface area contributed by atoms with Gasteiger partial charge in [-0.15, -0.1) is 0 Å². The van der Waals surface area contributed by atoms with Crippen LogP contribution in [0.1, 0.15) is 18.9 Å². The van der Waals surface area contributed by atoms with E-state index in [-0.39, 0.29) is 28.1 Å². The highest BCUT2D eigenvalue weighted by Gasteiger charge is 2.33. The van der Waals surface area contributed by atoms with E-state index in [1.807, 2.05) is 30.3 Å². The molecule has 7 nitrogen and oxygen atoms in total. The topological polar surface area (TPSA) is 86.8 Å². The second-order valence-electron chi connectivity index (χ2n) is 8.28. The number of nitrogens with one attached hydrogen (secondary N) is 1. The van der Waals surface area contributed by atoms with E-state index in [0.29, 0.717) is 17.9 Å². The highest BCUT2D eigenvalue weighted by atomic mass is 35.5. The molecular formula is C27H29Cl2N3O4S. The van der Waals surface area contributed by atoms with Crippen molar-refractivity contribution in [1.29, 1.82) is 0 Å². The summed E-state index contributed by atoms with van der Waals surface area (Å²) in [6.45, 7) is 1.47. The summed E-state index contributed by atoms with van der Waals surface area (Å²) in [5, 5.41) is 3.01. The average molecular weight is 563 g/mol. The fourth-order valence-electron chi connectivity index (χ4n) is 3.98. The minimum Gasteiger partial charge on any atom is -0.357 e. The molecule has 0 heterocycles. The Balaban J connectivity index is 2.02. The summed E-state index contributed by atoms with van der Waals surface area (Å²) in [5.74, 6) is -0.859. The molecule has 0 saturated heterocycles. The van der Waals surface area contributed by atoms with E-state index in [9.17, 15) is 18.0 Å². The minimum atomic E-state index is -4.19. The first-order valence-corrected chi connectivity index (χ1v) is 14.0. The summed E-state index contributed by atoms with van der Waals surface area (Å²) in [6.07, 6.45) is 0.848. The molecule has 0 aliphatic rings. The Bertz CT molecular complexity index is 1320. The standard InChI is InChI=1S/C27H29Cl2N3O4S/c1-3-24(27(34)30-2)31(17-16-20-10-6-4-7-11-20)26(33)19-32(25-15-14-21(28)18-23(25)29)37(35,36)22-12-8-5-9-13-22/h4-15,18,24H,3,16-17,19H2,1-2H3,(H,30,34). The molecule has 0 aliphatic carbocycles. The van der Waals surface area contributed by atoms with Gasteiger partial charge in [0.25, 0.3) is 10.0 Å². The van der Waals surface area contributed by atoms with Gasteiger partial charge in [-0.05, 0) is 48.7 Å². The van der Waals surface area contributed by atoms with E-state index in [4.69, 9.17) is 23.2 Å². The number of hydrogen-bond acceptors (Lipinski definition) is 4. The molecule has 0 saturated carbocycles. The van der Waals surface area contributed by atoms with Crippen LogP contribution in [0.5, 0.6) is 0 Å². The predicted molar refractivity (Wildman–Crippen MR) is 147 cm³/mol. The zero-order chi connectivity index (χ0) is 27.0. The molecule has 1 N–H and O–H groups in total. The summed E-state index contributed by atoms with van der Waals surface area (Å²) in [5.41, 5.74) is 1.10. The van der Waals surface area contributed by atoms with Gasteiger partial charge >= 0.3 is 0 Å². The van der Waals surface area contributed by atoms with Gasteiger partial charge in [0, 0.05) is 18.6 Å². The largest absolute Gasteiger partial charge is 0.357 e. The van der Waals surface area contributed by atoms with Crippen LogP contribution < -0.4 is 9.62 Å². The van der Waals surface area contributed by atoms with Crippen LogP contribution in [0.4, 0.5) is 5.69 Å². The lowest BCUT2D eigenvalue weighted by atomic mass is 10.1. The molecule has 0 aromatic heterocycles. The normalized spacial score (nSPS) is 12.0. The SMILES string of the molecule is CCC(C(=O)NC)N(CCc1ccccc1)C(=O)CN(c1ccc(Cl)cc1Cl)S(=O)(=O)c1ccccc1. The van der Waals surface area contributed by atoms with Crippen molar-refractivity contribution in [2.45, 2.75) is 30.7 Å². The molecule has 1 atom stereocenters. The second kappa shape index (κ2) is 12.9. The van der Waals surface area contributed by atoms with E-state index < -0.39 is 28.5 Å². The third kappa shape index (κ3) is 7.03. The molecule has 3 aromatic rings. The summed E-state index contributed by atoms with van der Waals surface area (Å²) in [4.78, 5) is 27.9. The van der Waals surface area contributed by atoms with Crippen molar-refractivity contribution >= 4 is 50.7 Å². The monoisotopic (exact) mass is 561 g/mol. The molecule has 3 aromatic carbocycles. The molecule has 1 unspecified atom stereocenters. The molecular weight excluding hydrogens is 533 g/mol. The van der Waals surface area contributed by atoms with Crippen LogP contribution in [-0.2, 0) is 26.0 Å². The van der Waals surface area contributed by atoms with Crippen molar-refractivity contribution in [3.05, 3.63) is 94.5 Å². The van der Waals surface area contributed by atoms with E-state index in [1.165, 1.54) is 42.3 Å². The van der Waals surface area contributed by atoms with Crippen molar-refractivity contribution < 1.29 is 18.0 Å². The lowest BCUT2D eigenvalue weighted by Gasteiger charge is -2.33. The zero-order valence-electron chi connectivity index (χ0n) is 20.6. The fourth-order valence-corrected chi connectivity index (χ4v) is 5.99. The van der Waals surface area contributed by atoms with Gasteiger partial charge in [0.1, 0.15) is 12.6 Å². The highest BCUT2D eigenvalue weighted by Crippen LogP contribution is 2.33. The van der Waals surface area contributed by atoms with Crippen LogP contribution in [0.2, 0.25) is 10.0 Å². The van der Waals surface area contributed by atoms with Crippen molar-refractivity contribution in [1.82, 2.24) is 10.2 Å². The lowest BCUT2D eigenvalue weighted by molar-refractivity contribution is -0.139. The van der Waals surface area contributed by atoms with Crippen molar-refractivity contribution in [3.63, 3.8) is 0 Å². The average Bonchev–Trinajstić information content (AvgIpc) is 2.90. The van der Waals surface area contributed by atoms with E-state index in [0.717, 1.165) is 9.87 Å². The first kappa shape index (κ1) is 28.5. The number of carbonyl (C=O) groups excluding carboxylic acids is 2. The van der Waals surface area contributed by atoms with Gasteiger partial charge < -0.3 is 10.2 Å². The Kier molecular flexibility index (Phi) is 9.97. The molecule has 196 valence electrons. The van der Waals surface area contributed by atoms with E-state index >= 15 is 0 Å². The highest BCUT2D eigenvalue weighted by molar-refractivity contribution is 7.92. The van der Waals surface area contributed by atoms with Gasteiger partial charge in [0.05, 0.1) is 15.6 Å². The number of sulfonamides is 1. The molecule has 0 fully saturated rings. The first-order chi connectivity index (χ1) is 17.7. The maximum atomic E-state index is 13.8. The van der Waals surface area contributed by atoms with Gasteiger partial charge in [-0.3, -0.25) is 13.9 Å². The quantitative estimate of drug-likeness (QED) is 0.364. The van der Waals surface area contributed by atoms with Crippen LogP contribution in [0.15, 0.2) is 83.8 Å². The Hall–Kier alpha value is -3.07. The molecule has 0 aliphatic heterocycles. The van der Waals surface area contributed by atoms with E-state index in [1.54, 1.807) is 25.1 Å². The molecule has 0 radical (unpaired) electrons. The van der Waals surface area contributed by atoms with E-state index in [2.05, 4.69) is 5.32 Å². The Morgan fingerprint density at radius 3 is 2.14 bits per heavy atom. The number of benzene rings is 3. The van der Waals surface area contributed by atoms with Crippen molar-refractivity contribution in [3.8, 4) is 0 Å². The minimum absolute atomic E-state index is 0.00277. The smallest absolute Gasteiger partial charge is 0.264 e. The van der Waals surface area contributed by atoms with Crippen LogP contribution in [0.25, 0.3) is 0 Å². The number of carbonyl (C=O) groups is 2. The molecule has 3 rings (SSSR count). The molecule has 0 bridgehead atoms. The molecule has 37 heavy (non-hydrogen) atoms. The number of likely N-dealkylation sites (N-methyl/N-ethyl adjacent to an activating group) is 1. The predicted octanol–water partition coefficient (Wildman–Crippen LogP) is 4.78. The van der Waals surface area contributed by atoms with Gasteiger partial charge in [0.2, 0.25) is 11.8 Å². The van der Waals surface area contributed by atoms with Gasteiger partial charge in [-0.2, -0.15) is 0 Å². The lowest BCUT2D eigenvalue weighted by Crippen LogP contribution is -2.52. The van der Waals surface area contributed by atoms with Crippen molar-refractivity contribution in [2.24, 2.45) is 0 Å². The summed E-state index contributed by atoms with van der Waals surface area (Å²) in [7, 11) is -2.68. The van der Waals surface area contributed by atoms with Crippen LogP contribution in [0, 0.1) is 0 Å². The van der Waals surface area contributed by atoms with Gasteiger partial charge in [0.15, 0.2) is 0 Å². The van der Waals surface area contributed by atoms with Crippen LogP contribution in [-0.4, -0.2) is 51.3 Å². The number of anilines is 1. The number of hydrogen-bond donors (Lipinski definition) is 1. The van der Waals surface area contributed by atoms with Gasteiger partial charge in [-0.25, -0.2) is 8.42 Å². The third-order valence-corrected chi connectivity index (χ3v) is 8.22. The van der Waals surface area contributed by atoms with Crippen LogP contribution >= 0.6 is 23.2 Å². The first-order valence-electron chi connectivity index (χ1n) is 11.8. The number of nitrogens with zero attached hydrogens (tertiary/aromatic N) is 2. The zero-order valence-corrected chi connectivity index (χ0v) is 22.9. The number of amides is 2. The summed E-state index contributed by atoms with van der Waals surface area (Å²) < 4.78 is 28.4. The maximum absolute atomic E-state index is 13.8. The number of halogens is 2. The summed E-state index contributed by atoms with van der Waals surface area (Å²) >= 11 is 12.5. The Morgan fingerprint density at radius 2 is 1.57 bits per heavy atom. The van der Waals surface area contributed by atoms with Crippen LogP contribution in [0.3, 0.4) is 0 Å². The molecule has 0 spiro atoms. The molecule has 2 amide bonds. The van der Waals surface area contributed by atoms with Crippen molar-refractivity contribution in [2.75, 3.05) is 24.4 Å². The molecule has 10 heteroatoms. The Morgan fingerprint density at radius 1 is 0.946 bits per heavy atom.